The highest BCUT2D eigenvalue weighted by Crippen LogP contribution is 2.26. The quantitative estimate of drug-likeness (QED) is 0.445. The summed E-state index contributed by atoms with van der Waals surface area (Å²) in [6.45, 7) is 1.31. The number of halogens is 2. The number of amides is 2. The molecule has 2 aromatic carbocycles. The van der Waals surface area contributed by atoms with Crippen LogP contribution in [0.3, 0.4) is 0 Å². The molecule has 0 radical (unpaired) electrons. The van der Waals surface area contributed by atoms with E-state index in [1.807, 2.05) is 0 Å². The molecule has 2 rings (SSSR count). The number of methoxy groups -OCH3 is 1. The van der Waals surface area contributed by atoms with Crippen molar-refractivity contribution in [2.24, 2.45) is 0 Å². The van der Waals surface area contributed by atoms with Gasteiger partial charge in [0.1, 0.15) is 11.4 Å². The summed E-state index contributed by atoms with van der Waals surface area (Å²) >= 11 is 0. The Morgan fingerprint density at radius 3 is 2.43 bits per heavy atom. The molecule has 0 fully saturated rings. The molecule has 1 unspecified atom stereocenters. The van der Waals surface area contributed by atoms with Crippen LogP contribution < -0.4 is 10.6 Å². The third-order valence-corrected chi connectivity index (χ3v) is 4.09. The van der Waals surface area contributed by atoms with Gasteiger partial charge in [-0.1, -0.05) is 18.2 Å². The molecule has 2 aromatic rings. The van der Waals surface area contributed by atoms with Crippen molar-refractivity contribution in [3.05, 3.63) is 69.8 Å². The first kappa shape index (κ1) is 20.9. The molecule has 2 amide bonds. The number of benzene rings is 2. The van der Waals surface area contributed by atoms with Crippen molar-refractivity contribution >= 4 is 23.2 Å². The molecule has 2 N–H and O–H groups in total. The summed E-state index contributed by atoms with van der Waals surface area (Å²) in [5.41, 5.74) is -2.02. The molecule has 0 aromatic heterocycles. The van der Waals surface area contributed by atoms with E-state index >= 15 is 0 Å². The molecule has 8 nitrogen and oxygen atoms in total. The SMILES string of the molecule is COC(C)(CNC(=O)C(=O)Nc1ccc(F)c([N+](=O)[O-])c1)c1ccccc1F. The van der Waals surface area contributed by atoms with Crippen LogP contribution in [0.25, 0.3) is 0 Å². The molecule has 0 saturated carbocycles. The van der Waals surface area contributed by atoms with Gasteiger partial charge < -0.3 is 15.4 Å². The lowest BCUT2D eigenvalue weighted by atomic mass is 9.95. The minimum atomic E-state index is -1.24. The molecule has 0 saturated heterocycles. The highest BCUT2D eigenvalue weighted by atomic mass is 19.1. The number of rotatable bonds is 6. The lowest BCUT2D eigenvalue weighted by molar-refractivity contribution is -0.387. The smallest absolute Gasteiger partial charge is 0.313 e. The van der Waals surface area contributed by atoms with Crippen LogP contribution in [-0.2, 0) is 19.9 Å². The van der Waals surface area contributed by atoms with E-state index in [-0.39, 0.29) is 17.8 Å². The van der Waals surface area contributed by atoms with Crippen LogP contribution in [0.15, 0.2) is 42.5 Å². The van der Waals surface area contributed by atoms with Gasteiger partial charge in [-0.2, -0.15) is 4.39 Å². The molecular weight excluding hydrogens is 376 g/mol. The van der Waals surface area contributed by atoms with Gasteiger partial charge in [0.25, 0.3) is 0 Å². The topological polar surface area (TPSA) is 111 Å². The zero-order valence-corrected chi connectivity index (χ0v) is 15.0. The van der Waals surface area contributed by atoms with Crippen LogP contribution in [0.4, 0.5) is 20.2 Å². The van der Waals surface area contributed by atoms with E-state index in [2.05, 4.69) is 10.6 Å². The number of nitrogens with one attached hydrogen (secondary N) is 2. The highest BCUT2D eigenvalue weighted by Gasteiger charge is 2.30. The van der Waals surface area contributed by atoms with Crippen LogP contribution in [0.2, 0.25) is 0 Å². The minimum Gasteiger partial charge on any atom is -0.372 e. The lowest BCUT2D eigenvalue weighted by Gasteiger charge is -2.29. The van der Waals surface area contributed by atoms with Crippen molar-refractivity contribution in [1.29, 1.82) is 0 Å². The molecule has 0 spiro atoms. The molecule has 28 heavy (non-hydrogen) atoms. The number of carbonyl (C=O) groups excluding carboxylic acids is 2. The molecule has 0 bridgehead atoms. The van der Waals surface area contributed by atoms with E-state index in [0.717, 1.165) is 18.2 Å². The first-order valence-electron chi connectivity index (χ1n) is 8.01. The van der Waals surface area contributed by atoms with Crippen LogP contribution >= 0.6 is 0 Å². The van der Waals surface area contributed by atoms with Crippen molar-refractivity contribution in [1.82, 2.24) is 5.32 Å². The van der Waals surface area contributed by atoms with E-state index in [9.17, 15) is 28.5 Å². The van der Waals surface area contributed by atoms with Crippen molar-refractivity contribution in [3.8, 4) is 0 Å². The number of hydrogen-bond acceptors (Lipinski definition) is 5. The fourth-order valence-corrected chi connectivity index (χ4v) is 2.41. The van der Waals surface area contributed by atoms with Crippen LogP contribution in [-0.4, -0.2) is 30.4 Å². The van der Waals surface area contributed by atoms with Gasteiger partial charge in [0.2, 0.25) is 5.82 Å². The largest absolute Gasteiger partial charge is 0.372 e. The Bertz CT molecular complexity index is 922. The van der Waals surface area contributed by atoms with Gasteiger partial charge in [0.15, 0.2) is 0 Å². The van der Waals surface area contributed by atoms with Crippen LogP contribution in [0.5, 0.6) is 0 Å². The molecule has 10 heteroatoms. The van der Waals surface area contributed by atoms with Gasteiger partial charge in [0.05, 0.1) is 11.5 Å². The van der Waals surface area contributed by atoms with Crippen LogP contribution in [0, 0.1) is 21.7 Å². The average molecular weight is 393 g/mol. The fourth-order valence-electron chi connectivity index (χ4n) is 2.41. The molecule has 0 aliphatic heterocycles. The summed E-state index contributed by atoms with van der Waals surface area (Å²) in [5.74, 6) is -3.82. The van der Waals surface area contributed by atoms with E-state index in [1.54, 1.807) is 6.07 Å². The Hall–Kier alpha value is -3.40. The molecule has 0 aliphatic rings. The maximum Gasteiger partial charge on any atom is 0.313 e. The maximum absolute atomic E-state index is 14.0. The van der Waals surface area contributed by atoms with Crippen molar-refractivity contribution < 1.29 is 28.0 Å². The standard InChI is InChI=1S/C18H17F2N3O5/c1-18(28-2,12-5-3-4-6-13(12)19)10-21-16(24)17(25)22-11-7-8-14(20)15(9-11)23(26)27/h3-9H,10H2,1-2H3,(H,21,24)(H,22,25). The Balaban J connectivity index is 2.06. The first-order chi connectivity index (χ1) is 13.2. The number of hydrogen-bond donors (Lipinski definition) is 2. The van der Waals surface area contributed by atoms with Gasteiger partial charge in [-0.15, -0.1) is 0 Å². The second-order valence-corrected chi connectivity index (χ2v) is 5.97. The number of nitrogens with zero attached hydrogens (tertiary/aromatic N) is 1. The van der Waals surface area contributed by atoms with Gasteiger partial charge in [0, 0.05) is 24.4 Å². The Morgan fingerprint density at radius 1 is 1.14 bits per heavy atom. The maximum atomic E-state index is 14.0. The van der Waals surface area contributed by atoms with Gasteiger partial charge >= 0.3 is 17.5 Å². The number of ether oxygens (including phenoxy) is 1. The summed E-state index contributed by atoms with van der Waals surface area (Å²) in [4.78, 5) is 33.8. The number of nitro benzene ring substituents is 1. The Kier molecular flexibility index (Phi) is 6.37. The normalized spacial score (nSPS) is 12.7. The number of anilines is 1. The van der Waals surface area contributed by atoms with E-state index in [1.165, 1.54) is 32.2 Å². The Labute approximate surface area is 158 Å². The van der Waals surface area contributed by atoms with Crippen molar-refractivity contribution in [2.75, 3.05) is 19.0 Å². The second-order valence-electron chi connectivity index (χ2n) is 5.97. The van der Waals surface area contributed by atoms with E-state index in [0.29, 0.717) is 0 Å². The monoisotopic (exact) mass is 393 g/mol. The van der Waals surface area contributed by atoms with Crippen LogP contribution in [0.1, 0.15) is 12.5 Å². The summed E-state index contributed by atoms with van der Waals surface area (Å²) in [6, 6.07) is 8.50. The average Bonchev–Trinajstić information content (AvgIpc) is 2.67. The van der Waals surface area contributed by atoms with E-state index < -0.39 is 39.7 Å². The lowest BCUT2D eigenvalue weighted by Crippen LogP contribution is -2.44. The molecule has 0 aliphatic carbocycles. The highest BCUT2D eigenvalue weighted by molar-refractivity contribution is 6.39. The summed E-state index contributed by atoms with van der Waals surface area (Å²) in [5, 5.41) is 15.2. The number of carbonyl (C=O) groups is 2. The number of nitro groups is 1. The molecule has 1 atom stereocenters. The molecule has 148 valence electrons. The van der Waals surface area contributed by atoms with Gasteiger partial charge in [-0.3, -0.25) is 19.7 Å². The molecular formula is C18H17F2N3O5. The molecule has 0 heterocycles. The van der Waals surface area contributed by atoms with Crippen molar-refractivity contribution in [2.45, 2.75) is 12.5 Å². The first-order valence-corrected chi connectivity index (χ1v) is 8.01. The van der Waals surface area contributed by atoms with Crippen molar-refractivity contribution in [3.63, 3.8) is 0 Å². The zero-order chi connectivity index (χ0) is 20.9. The predicted octanol–water partition coefficient (Wildman–Crippen LogP) is 2.49. The van der Waals surface area contributed by atoms with Gasteiger partial charge in [-0.05, 0) is 25.1 Å². The van der Waals surface area contributed by atoms with Gasteiger partial charge in [-0.25, -0.2) is 4.39 Å². The minimum absolute atomic E-state index is 0.128. The summed E-state index contributed by atoms with van der Waals surface area (Å²) < 4.78 is 32.6. The third-order valence-electron chi connectivity index (χ3n) is 4.09. The zero-order valence-electron chi connectivity index (χ0n) is 15.0. The summed E-state index contributed by atoms with van der Waals surface area (Å²) in [7, 11) is 1.33. The Morgan fingerprint density at radius 2 is 1.82 bits per heavy atom. The second kappa shape index (κ2) is 8.53. The predicted molar refractivity (Wildman–Crippen MR) is 95.5 cm³/mol. The third kappa shape index (κ3) is 4.65. The van der Waals surface area contributed by atoms with E-state index in [4.69, 9.17) is 4.74 Å². The summed E-state index contributed by atoms with van der Waals surface area (Å²) in [6.07, 6.45) is 0. The fraction of sp³-hybridized carbons (Fsp3) is 0.222.